The lowest BCUT2D eigenvalue weighted by Gasteiger charge is -2.52. The molecule has 0 aromatic heterocycles. The topological polar surface area (TPSA) is 12.5 Å². The maximum Gasteiger partial charge on any atom is 0.0768 e. The molecular formula is C16H33NO. The Morgan fingerprint density at radius 3 is 2.00 bits per heavy atom. The third-order valence-corrected chi connectivity index (χ3v) is 4.39. The fraction of sp³-hybridized carbons (Fsp3) is 1.00. The van der Waals surface area contributed by atoms with E-state index in [4.69, 9.17) is 4.84 Å². The van der Waals surface area contributed by atoms with Gasteiger partial charge in [-0.1, -0.05) is 20.3 Å². The highest BCUT2D eigenvalue weighted by molar-refractivity contribution is 4.93. The summed E-state index contributed by atoms with van der Waals surface area (Å²) in [5, 5.41) is 2.29. The Balaban J connectivity index is 2.66. The van der Waals surface area contributed by atoms with Gasteiger partial charge in [0.25, 0.3) is 0 Å². The first-order valence-electron chi connectivity index (χ1n) is 7.66. The van der Waals surface area contributed by atoms with E-state index in [1.54, 1.807) is 0 Å². The zero-order valence-electron chi connectivity index (χ0n) is 13.5. The molecule has 1 aliphatic heterocycles. The van der Waals surface area contributed by atoms with Gasteiger partial charge in [0.2, 0.25) is 0 Å². The zero-order chi connectivity index (χ0) is 14.0. The minimum Gasteiger partial charge on any atom is -0.295 e. The number of piperidine rings is 1. The molecule has 2 heteroatoms. The molecule has 2 nitrogen and oxygen atoms in total. The highest BCUT2D eigenvalue weighted by Gasteiger charge is 2.43. The van der Waals surface area contributed by atoms with E-state index >= 15 is 0 Å². The Morgan fingerprint density at radius 1 is 1.06 bits per heavy atom. The van der Waals surface area contributed by atoms with E-state index < -0.39 is 0 Å². The fourth-order valence-corrected chi connectivity index (χ4v) is 3.22. The average Bonchev–Trinajstić information content (AvgIpc) is 2.23. The molecule has 108 valence electrons. The standard InChI is InChI=1S/C16H33NO/c1-8-13(2)12-14(3)18-17-15(4,5)10-9-11-16(17,6)7/h13-14H,8-12H2,1-7H3/t13?,14-/m1/s1. The Morgan fingerprint density at radius 2 is 1.56 bits per heavy atom. The van der Waals surface area contributed by atoms with Crippen LogP contribution in [0.5, 0.6) is 0 Å². The van der Waals surface area contributed by atoms with Crippen LogP contribution < -0.4 is 0 Å². The molecule has 1 unspecified atom stereocenters. The van der Waals surface area contributed by atoms with Crippen molar-refractivity contribution in [2.75, 3.05) is 0 Å². The summed E-state index contributed by atoms with van der Waals surface area (Å²) in [4.78, 5) is 6.33. The fourth-order valence-electron chi connectivity index (χ4n) is 3.22. The van der Waals surface area contributed by atoms with Gasteiger partial charge in [-0.25, -0.2) is 0 Å². The first-order chi connectivity index (χ1) is 8.19. The van der Waals surface area contributed by atoms with Gasteiger partial charge in [0, 0.05) is 11.1 Å². The molecule has 1 fully saturated rings. The molecule has 2 atom stereocenters. The van der Waals surface area contributed by atoms with Crippen LogP contribution in [0.15, 0.2) is 0 Å². The molecule has 0 spiro atoms. The molecule has 0 radical (unpaired) electrons. The summed E-state index contributed by atoms with van der Waals surface area (Å²) >= 11 is 0. The van der Waals surface area contributed by atoms with Crippen molar-refractivity contribution in [2.24, 2.45) is 5.92 Å². The predicted octanol–water partition coefficient (Wildman–Crippen LogP) is 4.79. The van der Waals surface area contributed by atoms with Crippen molar-refractivity contribution in [1.82, 2.24) is 5.06 Å². The molecule has 0 aromatic carbocycles. The van der Waals surface area contributed by atoms with Crippen LogP contribution in [0, 0.1) is 5.92 Å². The van der Waals surface area contributed by atoms with Crippen LogP contribution in [0.2, 0.25) is 0 Å². The second kappa shape index (κ2) is 5.92. The quantitative estimate of drug-likeness (QED) is 0.700. The van der Waals surface area contributed by atoms with E-state index in [0.717, 1.165) is 12.3 Å². The van der Waals surface area contributed by atoms with Crippen molar-refractivity contribution < 1.29 is 4.84 Å². The van der Waals surface area contributed by atoms with E-state index in [-0.39, 0.29) is 11.1 Å². The summed E-state index contributed by atoms with van der Waals surface area (Å²) < 4.78 is 0. The first-order valence-corrected chi connectivity index (χ1v) is 7.66. The highest BCUT2D eigenvalue weighted by Crippen LogP contribution is 2.39. The van der Waals surface area contributed by atoms with E-state index in [1.165, 1.54) is 25.7 Å². The molecule has 1 saturated heterocycles. The van der Waals surface area contributed by atoms with Gasteiger partial charge in [-0.15, -0.1) is 0 Å². The Bertz CT molecular complexity index is 244. The number of rotatable bonds is 5. The molecule has 0 amide bonds. The molecule has 0 N–H and O–H groups in total. The first kappa shape index (κ1) is 16.0. The minimum absolute atomic E-state index is 0.158. The van der Waals surface area contributed by atoms with E-state index in [9.17, 15) is 0 Å². The molecular weight excluding hydrogens is 222 g/mol. The zero-order valence-corrected chi connectivity index (χ0v) is 13.5. The molecule has 1 rings (SSSR count). The van der Waals surface area contributed by atoms with Crippen molar-refractivity contribution in [3.63, 3.8) is 0 Å². The van der Waals surface area contributed by atoms with Crippen molar-refractivity contribution in [3.05, 3.63) is 0 Å². The highest BCUT2D eigenvalue weighted by atomic mass is 16.7. The van der Waals surface area contributed by atoms with Gasteiger partial charge in [-0.05, 0) is 66.2 Å². The molecule has 18 heavy (non-hydrogen) atoms. The smallest absolute Gasteiger partial charge is 0.0768 e. The van der Waals surface area contributed by atoms with Crippen molar-refractivity contribution >= 4 is 0 Å². The predicted molar refractivity (Wildman–Crippen MR) is 78.5 cm³/mol. The van der Waals surface area contributed by atoms with Gasteiger partial charge in [-0.2, -0.15) is 5.06 Å². The number of hydrogen-bond acceptors (Lipinski definition) is 2. The van der Waals surface area contributed by atoms with Gasteiger partial charge in [0.1, 0.15) is 0 Å². The summed E-state index contributed by atoms with van der Waals surface area (Å²) in [5.74, 6) is 0.746. The molecule has 0 bridgehead atoms. The third-order valence-electron chi connectivity index (χ3n) is 4.39. The normalized spacial score (nSPS) is 26.8. The van der Waals surface area contributed by atoms with Gasteiger partial charge >= 0.3 is 0 Å². The SMILES string of the molecule is CCC(C)C[C@@H](C)ON1C(C)(C)CCCC1(C)C. The van der Waals surface area contributed by atoms with Crippen molar-refractivity contribution in [3.8, 4) is 0 Å². The minimum atomic E-state index is 0.158. The monoisotopic (exact) mass is 255 g/mol. The van der Waals surface area contributed by atoms with Gasteiger partial charge < -0.3 is 0 Å². The van der Waals surface area contributed by atoms with Crippen LogP contribution in [-0.2, 0) is 4.84 Å². The van der Waals surface area contributed by atoms with Gasteiger partial charge in [0.15, 0.2) is 0 Å². The van der Waals surface area contributed by atoms with Crippen LogP contribution in [0.25, 0.3) is 0 Å². The van der Waals surface area contributed by atoms with Crippen LogP contribution in [0.1, 0.15) is 80.6 Å². The summed E-state index contributed by atoms with van der Waals surface area (Å²) in [7, 11) is 0. The largest absolute Gasteiger partial charge is 0.295 e. The van der Waals surface area contributed by atoms with Crippen LogP contribution in [0.4, 0.5) is 0 Å². The second-order valence-corrected chi connectivity index (χ2v) is 7.44. The summed E-state index contributed by atoms with van der Waals surface area (Å²) in [6, 6.07) is 0. The molecule has 0 aromatic rings. The molecule has 0 aliphatic carbocycles. The number of hydrogen-bond donors (Lipinski definition) is 0. The lowest BCUT2D eigenvalue weighted by Crippen LogP contribution is -2.59. The summed E-state index contributed by atoms with van der Waals surface area (Å²) in [5.41, 5.74) is 0.316. The summed E-state index contributed by atoms with van der Waals surface area (Å²) in [6.45, 7) is 16.0. The van der Waals surface area contributed by atoms with E-state index in [0.29, 0.717) is 6.10 Å². The molecule has 1 heterocycles. The maximum absolute atomic E-state index is 6.33. The van der Waals surface area contributed by atoms with Crippen LogP contribution in [-0.4, -0.2) is 22.2 Å². The number of nitrogens with zero attached hydrogens (tertiary/aromatic N) is 1. The maximum atomic E-state index is 6.33. The number of hydroxylamine groups is 2. The van der Waals surface area contributed by atoms with E-state index in [1.807, 2.05) is 0 Å². The third kappa shape index (κ3) is 3.96. The average molecular weight is 255 g/mol. The van der Waals surface area contributed by atoms with Crippen molar-refractivity contribution in [1.29, 1.82) is 0 Å². The van der Waals surface area contributed by atoms with Gasteiger partial charge in [0.05, 0.1) is 6.10 Å². The Hall–Kier alpha value is -0.0800. The van der Waals surface area contributed by atoms with Crippen molar-refractivity contribution in [2.45, 2.75) is 97.8 Å². The van der Waals surface area contributed by atoms with E-state index in [2.05, 4.69) is 53.5 Å². The van der Waals surface area contributed by atoms with Crippen LogP contribution >= 0.6 is 0 Å². The van der Waals surface area contributed by atoms with Gasteiger partial charge in [-0.3, -0.25) is 4.84 Å². The lowest BCUT2D eigenvalue weighted by molar-refractivity contribution is -0.303. The Kier molecular flexibility index (Phi) is 5.25. The second-order valence-electron chi connectivity index (χ2n) is 7.44. The molecule has 0 saturated carbocycles. The molecule has 1 aliphatic rings. The summed E-state index contributed by atoms with van der Waals surface area (Å²) in [6.07, 6.45) is 6.47. The lowest BCUT2D eigenvalue weighted by atomic mass is 9.82. The Labute approximate surface area is 114 Å². The van der Waals surface area contributed by atoms with Crippen LogP contribution in [0.3, 0.4) is 0 Å².